The van der Waals surface area contributed by atoms with E-state index in [0.717, 1.165) is 24.2 Å². The van der Waals surface area contributed by atoms with E-state index in [-0.39, 0.29) is 17.3 Å². The van der Waals surface area contributed by atoms with Gasteiger partial charge >= 0.3 is 0 Å². The van der Waals surface area contributed by atoms with Crippen LogP contribution in [-0.2, 0) is 0 Å². The molecule has 4 heteroatoms. The molecule has 0 bridgehead atoms. The second-order valence-corrected chi connectivity index (χ2v) is 5.70. The van der Waals surface area contributed by atoms with Crippen molar-refractivity contribution in [2.24, 2.45) is 0 Å². The number of carbonyl (C=O) groups excluding carboxylic acids is 1. The first-order valence-corrected chi connectivity index (χ1v) is 7.46. The van der Waals surface area contributed by atoms with Gasteiger partial charge in [-0.2, -0.15) is 0 Å². The highest BCUT2D eigenvalue weighted by molar-refractivity contribution is 7.98. The van der Waals surface area contributed by atoms with E-state index < -0.39 is 0 Å². The average Bonchev–Trinajstić information content (AvgIpc) is 2.75. The first kappa shape index (κ1) is 12.8. The minimum absolute atomic E-state index is 0.0183. The molecular weight excluding hydrogens is 254 g/mol. The lowest BCUT2D eigenvalue weighted by Gasteiger charge is -2.15. The third-order valence-corrected chi connectivity index (χ3v) is 4.37. The number of rotatable bonds is 3. The average molecular weight is 270 g/mol. The Labute approximate surface area is 111 Å². The second kappa shape index (κ2) is 5.78. The molecule has 1 saturated carbocycles. The number of hydrogen-bond acceptors (Lipinski definition) is 2. The second-order valence-electron chi connectivity index (χ2n) is 4.26. The molecule has 1 N–H and O–H groups in total. The Morgan fingerprint density at radius 2 is 2.06 bits per heavy atom. The Kier molecular flexibility index (Phi) is 4.35. The molecule has 92 valence electrons. The van der Waals surface area contributed by atoms with Gasteiger partial charge in [0.05, 0.1) is 5.38 Å². The summed E-state index contributed by atoms with van der Waals surface area (Å²) < 4.78 is 0. The molecule has 1 aromatic rings. The van der Waals surface area contributed by atoms with Crippen LogP contribution in [0.15, 0.2) is 29.2 Å². The number of halogens is 1. The van der Waals surface area contributed by atoms with Gasteiger partial charge < -0.3 is 5.32 Å². The fourth-order valence-corrected chi connectivity index (χ4v) is 2.82. The summed E-state index contributed by atoms with van der Waals surface area (Å²) in [5.74, 6) is -0.0183. The number of carbonyl (C=O) groups is 1. The topological polar surface area (TPSA) is 29.1 Å². The van der Waals surface area contributed by atoms with Crippen molar-refractivity contribution in [3.05, 3.63) is 29.8 Å². The maximum absolute atomic E-state index is 12.0. The Morgan fingerprint density at radius 1 is 1.35 bits per heavy atom. The molecule has 0 spiro atoms. The van der Waals surface area contributed by atoms with Gasteiger partial charge in [0.1, 0.15) is 0 Å². The van der Waals surface area contributed by atoms with Crippen molar-refractivity contribution in [3.8, 4) is 0 Å². The Bertz CT molecular complexity index is 393. The van der Waals surface area contributed by atoms with Gasteiger partial charge in [-0.3, -0.25) is 4.79 Å². The molecule has 0 radical (unpaired) electrons. The van der Waals surface area contributed by atoms with Crippen LogP contribution in [0, 0.1) is 0 Å². The van der Waals surface area contributed by atoms with Crippen LogP contribution in [0.3, 0.4) is 0 Å². The van der Waals surface area contributed by atoms with E-state index in [1.165, 1.54) is 0 Å². The monoisotopic (exact) mass is 269 g/mol. The van der Waals surface area contributed by atoms with Gasteiger partial charge in [0.2, 0.25) is 0 Å². The molecule has 0 heterocycles. The summed E-state index contributed by atoms with van der Waals surface area (Å²) in [7, 11) is 0. The van der Waals surface area contributed by atoms with E-state index in [1.54, 1.807) is 11.8 Å². The van der Waals surface area contributed by atoms with E-state index in [2.05, 4.69) is 5.32 Å². The van der Waals surface area contributed by atoms with Crippen LogP contribution in [0.4, 0.5) is 0 Å². The molecule has 2 atom stereocenters. The summed E-state index contributed by atoms with van der Waals surface area (Å²) in [5, 5.41) is 3.09. The molecule has 2 unspecified atom stereocenters. The van der Waals surface area contributed by atoms with Crippen LogP contribution in [-0.4, -0.2) is 23.6 Å². The van der Waals surface area contributed by atoms with Gasteiger partial charge in [-0.25, -0.2) is 0 Å². The first-order chi connectivity index (χ1) is 8.20. The molecule has 2 nitrogen and oxygen atoms in total. The van der Waals surface area contributed by atoms with Crippen LogP contribution in [0.2, 0.25) is 0 Å². The smallest absolute Gasteiger partial charge is 0.251 e. The molecule has 0 aliphatic heterocycles. The van der Waals surface area contributed by atoms with E-state index in [1.807, 2.05) is 30.5 Å². The van der Waals surface area contributed by atoms with Crippen molar-refractivity contribution in [1.82, 2.24) is 5.32 Å². The molecule has 0 saturated heterocycles. The van der Waals surface area contributed by atoms with Gasteiger partial charge in [0, 0.05) is 16.5 Å². The number of hydrogen-bond donors (Lipinski definition) is 1. The molecule has 1 amide bonds. The van der Waals surface area contributed by atoms with Crippen LogP contribution in [0.5, 0.6) is 0 Å². The molecule has 1 aliphatic rings. The quantitative estimate of drug-likeness (QED) is 0.674. The predicted molar refractivity (Wildman–Crippen MR) is 73.0 cm³/mol. The van der Waals surface area contributed by atoms with E-state index in [4.69, 9.17) is 11.6 Å². The SMILES string of the molecule is CSc1ccc(C(=O)NC2CCCC2Cl)cc1. The van der Waals surface area contributed by atoms with Crippen LogP contribution in [0.25, 0.3) is 0 Å². The van der Waals surface area contributed by atoms with Crippen molar-refractivity contribution in [2.45, 2.75) is 35.6 Å². The molecule has 1 aromatic carbocycles. The Hall–Kier alpha value is -0.670. The zero-order chi connectivity index (χ0) is 12.3. The Balaban J connectivity index is 1.99. The summed E-state index contributed by atoms with van der Waals surface area (Å²) in [6, 6.07) is 7.78. The summed E-state index contributed by atoms with van der Waals surface area (Å²) in [5.41, 5.74) is 0.707. The highest BCUT2D eigenvalue weighted by atomic mass is 35.5. The maximum Gasteiger partial charge on any atom is 0.251 e. The fraction of sp³-hybridized carbons (Fsp3) is 0.462. The van der Waals surface area contributed by atoms with Gasteiger partial charge in [-0.15, -0.1) is 23.4 Å². The third-order valence-electron chi connectivity index (χ3n) is 3.10. The molecule has 2 rings (SSSR count). The molecule has 17 heavy (non-hydrogen) atoms. The summed E-state index contributed by atoms with van der Waals surface area (Å²) >= 11 is 7.81. The number of amides is 1. The summed E-state index contributed by atoms with van der Waals surface area (Å²) in [4.78, 5) is 13.1. The number of alkyl halides is 1. The van der Waals surface area contributed by atoms with Gasteiger partial charge in [0.15, 0.2) is 0 Å². The van der Waals surface area contributed by atoms with E-state index >= 15 is 0 Å². The largest absolute Gasteiger partial charge is 0.348 e. The minimum Gasteiger partial charge on any atom is -0.348 e. The third kappa shape index (κ3) is 3.17. The normalized spacial score (nSPS) is 23.6. The lowest BCUT2D eigenvalue weighted by atomic mass is 10.2. The van der Waals surface area contributed by atoms with Crippen LogP contribution < -0.4 is 5.32 Å². The highest BCUT2D eigenvalue weighted by Crippen LogP contribution is 2.24. The number of benzene rings is 1. The summed E-state index contributed by atoms with van der Waals surface area (Å²) in [6.07, 6.45) is 5.11. The lowest BCUT2D eigenvalue weighted by molar-refractivity contribution is 0.0938. The van der Waals surface area contributed by atoms with Crippen molar-refractivity contribution in [1.29, 1.82) is 0 Å². The van der Waals surface area contributed by atoms with E-state index in [9.17, 15) is 4.79 Å². The Morgan fingerprint density at radius 3 is 2.59 bits per heavy atom. The zero-order valence-corrected chi connectivity index (χ0v) is 11.4. The predicted octanol–water partition coefficient (Wildman–Crippen LogP) is 3.30. The highest BCUT2D eigenvalue weighted by Gasteiger charge is 2.26. The van der Waals surface area contributed by atoms with Gasteiger partial charge in [0.25, 0.3) is 5.91 Å². The minimum atomic E-state index is -0.0183. The number of nitrogens with one attached hydrogen (secondary N) is 1. The van der Waals surface area contributed by atoms with Crippen molar-refractivity contribution >= 4 is 29.3 Å². The first-order valence-electron chi connectivity index (χ1n) is 5.79. The standard InChI is InChI=1S/C13H16ClNOS/c1-17-10-7-5-9(6-8-10)13(16)15-12-4-2-3-11(12)14/h5-8,11-12H,2-4H2,1H3,(H,15,16). The van der Waals surface area contributed by atoms with E-state index in [0.29, 0.717) is 5.56 Å². The number of thioether (sulfide) groups is 1. The van der Waals surface area contributed by atoms with Crippen molar-refractivity contribution in [3.63, 3.8) is 0 Å². The zero-order valence-electron chi connectivity index (χ0n) is 9.78. The molecule has 1 fully saturated rings. The lowest BCUT2D eigenvalue weighted by Crippen LogP contribution is -2.37. The van der Waals surface area contributed by atoms with Crippen LogP contribution in [0.1, 0.15) is 29.6 Å². The van der Waals surface area contributed by atoms with Crippen LogP contribution >= 0.6 is 23.4 Å². The molecule has 1 aliphatic carbocycles. The van der Waals surface area contributed by atoms with Crippen molar-refractivity contribution in [2.75, 3.05) is 6.26 Å². The van der Waals surface area contributed by atoms with Crippen molar-refractivity contribution < 1.29 is 4.79 Å². The molecule has 0 aromatic heterocycles. The fourth-order valence-electron chi connectivity index (χ4n) is 2.07. The van der Waals surface area contributed by atoms with Gasteiger partial charge in [-0.1, -0.05) is 0 Å². The maximum atomic E-state index is 12.0. The summed E-state index contributed by atoms with van der Waals surface area (Å²) in [6.45, 7) is 0. The van der Waals surface area contributed by atoms with Gasteiger partial charge in [-0.05, 0) is 49.8 Å². The molecular formula is C13H16ClNOS.